The number of hydrogen-bond donors (Lipinski definition) is 0. The molecule has 0 radical (unpaired) electrons. The zero-order valence-electron chi connectivity index (χ0n) is 12.7. The summed E-state index contributed by atoms with van der Waals surface area (Å²) in [5, 5.41) is 0.800. The molecule has 1 aromatic heterocycles. The Bertz CT molecular complexity index is 571. The zero-order valence-corrected chi connectivity index (χ0v) is 13.5. The lowest BCUT2D eigenvalue weighted by atomic mass is 10.1. The summed E-state index contributed by atoms with van der Waals surface area (Å²) in [5.74, 6) is 0.633. The number of aryl methyl sites for hydroxylation is 1. The quantitative estimate of drug-likeness (QED) is 0.865. The van der Waals surface area contributed by atoms with Crippen LogP contribution in [0.5, 0.6) is 5.88 Å². The van der Waals surface area contributed by atoms with Crippen molar-refractivity contribution in [2.75, 3.05) is 13.1 Å². The SMILES string of the molecule is Cc1cncc(OC2CCN(Cc3cccc(Cl)c3)CC2)n1. The Morgan fingerprint density at radius 3 is 2.82 bits per heavy atom. The minimum Gasteiger partial charge on any atom is -0.473 e. The minimum absolute atomic E-state index is 0.228. The zero-order chi connectivity index (χ0) is 15.4. The van der Waals surface area contributed by atoms with Crippen LogP contribution in [0, 0.1) is 6.92 Å². The number of nitrogens with zero attached hydrogens (tertiary/aromatic N) is 3. The second-order valence-electron chi connectivity index (χ2n) is 5.72. The van der Waals surface area contributed by atoms with Crippen LogP contribution in [0.1, 0.15) is 24.1 Å². The van der Waals surface area contributed by atoms with Gasteiger partial charge in [-0.25, -0.2) is 4.98 Å². The number of aromatic nitrogens is 2. The van der Waals surface area contributed by atoms with Gasteiger partial charge in [0.25, 0.3) is 0 Å². The molecule has 1 aliphatic rings. The standard InChI is InChI=1S/C17H20ClN3O/c1-13-10-19-11-17(20-13)22-16-5-7-21(8-6-16)12-14-3-2-4-15(18)9-14/h2-4,9-11,16H,5-8,12H2,1H3. The Hall–Kier alpha value is -1.65. The summed E-state index contributed by atoms with van der Waals surface area (Å²) in [6.45, 7) is 4.91. The van der Waals surface area contributed by atoms with Crippen molar-refractivity contribution in [1.82, 2.24) is 14.9 Å². The highest BCUT2D eigenvalue weighted by molar-refractivity contribution is 6.30. The molecule has 2 aromatic rings. The first-order valence-electron chi connectivity index (χ1n) is 7.61. The molecule has 0 saturated carbocycles. The van der Waals surface area contributed by atoms with Gasteiger partial charge in [0, 0.05) is 30.9 Å². The monoisotopic (exact) mass is 317 g/mol. The summed E-state index contributed by atoms with van der Waals surface area (Å²) in [6, 6.07) is 8.07. The second kappa shape index (κ2) is 7.07. The first-order valence-corrected chi connectivity index (χ1v) is 7.99. The van der Waals surface area contributed by atoms with Crippen LogP contribution < -0.4 is 4.74 Å². The maximum absolute atomic E-state index is 6.04. The lowest BCUT2D eigenvalue weighted by Gasteiger charge is -2.31. The van der Waals surface area contributed by atoms with Crippen molar-refractivity contribution < 1.29 is 4.74 Å². The molecule has 5 heteroatoms. The van der Waals surface area contributed by atoms with E-state index in [2.05, 4.69) is 20.9 Å². The fraction of sp³-hybridized carbons (Fsp3) is 0.412. The first-order chi connectivity index (χ1) is 10.7. The molecule has 22 heavy (non-hydrogen) atoms. The lowest BCUT2D eigenvalue weighted by Crippen LogP contribution is -2.37. The van der Waals surface area contributed by atoms with E-state index in [1.54, 1.807) is 12.4 Å². The molecule has 1 aromatic carbocycles. The van der Waals surface area contributed by atoms with Crippen LogP contribution in [0.15, 0.2) is 36.7 Å². The lowest BCUT2D eigenvalue weighted by molar-refractivity contribution is 0.0927. The number of hydrogen-bond acceptors (Lipinski definition) is 4. The molecule has 2 heterocycles. The molecule has 1 fully saturated rings. The highest BCUT2D eigenvalue weighted by atomic mass is 35.5. The molecule has 0 amide bonds. The van der Waals surface area contributed by atoms with Gasteiger partial charge < -0.3 is 4.74 Å². The number of rotatable bonds is 4. The van der Waals surface area contributed by atoms with Gasteiger partial charge in [-0.05, 0) is 37.5 Å². The van der Waals surface area contributed by atoms with Crippen LogP contribution in [0.3, 0.4) is 0 Å². The van der Waals surface area contributed by atoms with E-state index >= 15 is 0 Å². The molecule has 0 bridgehead atoms. The van der Waals surface area contributed by atoms with Crippen LogP contribution in [-0.2, 0) is 6.54 Å². The van der Waals surface area contributed by atoms with E-state index in [4.69, 9.17) is 16.3 Å². The summed E-state index contributed by atoms with van der Waals surface area (Å²) in [6.07, 6.45) is 5.67. The highest BCUT2D eigenvalue weighted by Crippen LogP contribution is 2.19. The Morgan fingerprint density at radius 1 is 1.27 bits per heavy atom. The van der Waals surface area contributed by atoms with Gasteiger partial charge in [0.05, 0.1) is 11.9 Å². The number of piperidine rings is 1. The van der Waals surface area contributed by atoms with Crippen molar-refractivity contribution in [2.45, 2.75) is 32.4 Å². The molecule has 0 spiro atoms. The van der Waals surface area contributed by atoms with Crippen LogP contribution >= 0.6 is 11.6 Å². The molecule has 3 rings (SSSR count). The third-order valence-corrected chi connectivity index (χ3v) is 4.09. The summed E-state index contributed by atoms with van der Waals surface area (Å²) in [4.78, 5) is 10.9. The van der Waals surface area contributed by atoms with E-state index in [1.165, 1.54) is 5.56 Å². The van der Waals surface area contributed by atoms with Gasteiger partial charge in [-0.3, -0.25) is 9.88 Å². The van der Waals surface area contributed by atoms with Crippen molar-refractivity contribution in [3.8, 4) is 5.88 Å². The van der Waals surface area contributed by atoms with Gasteiger partial charge in [0.2, 0.25) is 5.88 Å². The van der Waals surface area contributed by atoms with Gasteiger partial charge in [0.1, 0.15) is 6.10 Å². The minimum atomic E-state index is 0.228. The average Bonchev–Trinajstić information content (AvgIpc) is 2.49. The molecule has 0 N–H and O–H groups in total. The maximum atomic E-state index is 6.04. The average molecular weight is 318 g/mol. The first kappa shape index (κ1) is 15.3. The Balaban J connectivity index is 1.50. The molecule has 0 unspecified atom stereocenters. The van der Waals surface area contributed by atoms with E-state index in [0.717, 1.165) is 43.2 Å². The van der Waals surface area contributed by atoms with Gasteiger partial charge in [-0.1, -0.05) is 23.7 Å². The smallest absolute Gasteiger partial charge is 0.232 e. The van der Waals surface area contributed by atoms with Crippen LogP contribution in [0.4, 0.5) is 0 Å². The second-order valence-corrected chi connectivity index (χ2v) is 6.16. The Kier molecular flexibility index (Phi) is 4.90. The van der Waals surface area contributed by atoms with E-state index < -0.39 is 0 Å². The molecular weight excluding hydrogens is 298 g/mol. The number of likely N-dealkylation sites (tertiary alicyclic amines) is 1. The number of ether oxygens (including phenoxy) is 1. The van der Waals surface area contributed by atoms with E-state index in [9.17, 15) is 0 Å². The highest BCUT2D eigenvalue weighted by Gasteiger charge is 2.21. The fourth-order valence-corrected chi connectivity index (χ4v) is 2.96. The van der Waals surface area contributed by atoms with E-state index in [0.29, 0.717) is 5.88 Å². The van der Waals surface area contributed by atoms with Crippen molar-refractivity contribution >= 4 is 11.6 Å². The van der Waals surface area contributed by atoms with E-state index in [-0.39, 0.29) is 6.10 Å². The fourth-order valence-electron chi connectivity index (χ4n) is 2.75. The van der Waals surface area contributed by atoms with E-state index in [1.807, 2.05) is 25.1 Å². The predicted molar refractivity (Wildman–Crippen MR) is 87.1 cm³/mol. The molecule has 4 nitrogen and oxygen atoms in total. The van der Waals surface area contributed by atoms with Crippen LogP contribution in [0.25, 0.3) is 0 Å². The molecule has 1 aliphatic heterocycles. The van der Waals surface area contributed by atoms with Gasteiger partial charge in [-0.15, -0.1) is 0 Å². The summed E-state index contributed by atoms with van der Waals surface area (Å²) >= 11 is 6.04. The summed E-state index contributed by atoms with van der Waals surface area (Å²) < 4.78 is 5.93. The molecule has 1 saturated heterocycles. The topological polar surface area (TPSA) is 38.2 Å². The molecular formula is C17H20ClN3O. The third-order valence-electron chi connectivity index (χ3n) is 3.85. The van der Waals surface area contributed by atoms with Crippen molar-refractivity contribution in [3.05, 3.63) is 52.9 Å². The van der Waals surface area contributed by atoms with Crippen LogP contribution in [0.2, 0.25) is 5.02 Å². The Labute approximate surface area is 136 Å². The van der Waals surface area contributed by atoms with Crippen molar-refractivity contribution in [2.24, 2.45) is 0 Å². The van der Waals surface area contributed by atoms with Crippen molar-refractivity contribution in [1.29, 1.82) is 0 Å². The molecule has 116 valence electrons. The number of halogens is 1. The van der Waals surface area contributed by atoms with Gasteiger partial charge in [-0.2, -0.15) is 0 Å². The van der Waals surface area contributed by atoms with Crippen molar-refractivity contribution in [3.63, 3.8) is 0 Å². The molecule has 0 aliphatic carbocycles. The Morgan fingerprint density at radius 2 is 2.09 bits per heavy atom. The summed E-state index contributed by atoms with van der Waals surface area (Å²) in [7, 11) is 0. The third kappa shape index (κ3) is 4.18. The normalized spacial score (nSPS) is 16.6. The molecule has 0 atom stereocenters. The largest absolute Gasteiger partial charge is 0.473 e. The number of benzene rings is 1. The predicted octanol–water partition coefficient (Wildman–Crippen LogP) is 3.48. The maximum Gasteiger partial charge on any atom is 0.232 e. The summed E-state index contributed by atoms with van der Waals surface area (Å²) in [5.41, 5.74) is 2.15. The van der Waals surface area contributed by atoms with Crippen LogP contribution in [-0.4, -0.2) is 34.1 Å². The van der Waals surface area contributed by atoms with Gasteiger partial charge >= 0.3 is 0 Å². The van der Waals surface area contributed by atoms with Gasteiger partial charge in [0.15, 0.2) is 0 Å².